The first-order chi connectivity index (χ1) is 8.44. The molecule has 0 fully saturated rings. The fourth-order valence-electron chi connectivity index (χ4n) is 2.24. The highest BCUT2D eigenvalue weighted by atomic mass is 19.1. The SMILES string of the molecule is COC(=O)C(C)(O)CN1CCc2ccc(F)cc21. The van der Waals surface area contributed by atoms with Crippen LogP contribution in [0.4, 0.5) is 10.1 Å². The van der Waals surface area contributed by atoms with Crippen LogP contribution in [0.1, 0.15) is 12.5 Å². The van der Waals surface area contributed by atoms with Crippen LogP contribution >= 0.6 is 0 Å². The Labute approximate surface area is 105 Å². The second-order valence-corrected chi connectivity index (χ2v) is 4.71. The molecule has 0 amide bonds. The van der Waals surface area contributed by atoms with Gasteiger partial charge in [-0.15, -0.1) is 0 Å². The molecule has 0 saturated carbocycles. The summed E-state index contributed by atoms with van der Waals surface area (Å²) in [6.45, 7) is 2.15. The predicted molar refractivity (Wildman–Crippen MR) is 65.0 cm³/mol. The second-order valence-electron chi connectivity index (χ2n) is 4.71. The summed E-state index contributed by atoms with van der Waals surface area (Å²) in [4.78, 5) is 13.2. The molecule has 1 aliphatic rings. The molecule has 0 aliphatic carbocycles. The Morgan fingerprint density at radius 2 is 2.33 bits per heavy atom. The third kappa shape index (κ3) is 2.31. The number of esters is 1. The number of carbonyl (C=O) groups excluding carboxylic acids is 1. The van der Waals surface area contributed by atoms with E-state index >= 15 is 0 Å². The number of β-amino-alcohol motifs (C(OH)–C–C–N with tert-alkyl or cyclic N) is 1. The summed E-state index contributed by atoms with van der Waals surface area (Å²) >= 11 is 0. The number of hydrogen-bond acceptors (Lipinski definition) is 4. The lowest BCUT2D eigenvalue weighted by molar-refractivity contribution is -0.159. The Hall–Kier alpha value is -1.62. The van der Waals surface area contributed by atoms with Crippen molar-refractivity contribution in [3.05, 3.63) is 29.6 Å². The minimum absolute atomic E-state index is 0.0934. The molecule has 4 nitrogen and oxygen atoms in total. The Kier molecular flexibility index (Phi) is 3.26. The van der Waals surface area contributed by atoms with Crippen LogP contribution in [0.25, 0.3) is 0 Å². The van der Waals surface area contributed by atoms with Crippen molar-refractivity contribution in [3.8, 4) is 0 Å². The van der Waals surface area contributed by atoms with Crippen molar-refractivity contribution in [1.82, 2.24) is 0 Å². The van der Waals surface area contributed by atoms with Gasteiger partial charge in [0, 0.05) is 12.2 Å². The minimum Gasteiger partial charge on any atom is -0.467 e. The lowest BCUT2D eigenvalue weighted by atomic mass is 10.1. The lowest BCUT2D eigenvalue weighted by Gasteiger charge is -2.28. The molecule has 0 spiro atoms. The van der Waals surface area contributed by atoms with Crippen molar-refractivity contribution < 1.29 is 19.0 Å². The molecule has 2 rings (SSSR count). The Balaban J connectivity index is 2.19. The number of benzene rings is 1. The Morgan fingerprint density at radius 1 is 1.61 bits per heavy atom. The average Bonchev–Trinajstić information content (AvgIpc) is 2.70. The first-order valence-electron chi connectivity index (χ1n) is 5.78. The number of fused-ring (bicyclic) bond motifs is 1. The van der Waals surface area contributed by atoms with Crippen LogP contribution in [0.2, 0.25) is 0 Å². The van der Waals surface area contributed by atoms with Crippen LogP contribution in [0.5, 0.6) is 0 Å². The molecular weight excluding hydrogens is 237 g/mol. The molecule has 1 heterocycles. The number of rotatable bonds is 3. The summed E-state index contributed by atoms with van der Waals surface area (Å²) in [6.07, 6.45) is 0.785. The molecule has 1 atom stereocenters. The molecule has 0 aromatic heterocycles. The van der Waals surface area contributed by atoms with Gasteiger partial charge in [-0.1, -0.05) is 6.07 Å². The number of hydrogen-bond donors (Lipinski definition) is 1. The smallest absolute Gasteiger partial charge is 0.339 e. The van der Waals surface area contributed by atoms with Crippen molar-refractivity contribution in [2.45, 2.75) is 18.9 Å². The van der Waals surface area contributed by atoms with E-state index in [1.54, 1.807) is 11.0 Å². The van der Waals surface area contributed by atoms with Gasteiger partial charge in [0.25, 0.3) is 0 Å². The number of aliphatic hydroxyl groups is 1. The van der Waals surface area contributed by atoms with Crippen LogP contribution in [0.15, 0.2) is 18.2 Å². The van der Waals surface area contributed by atoms with Crippen molar-refractivity contribution in [2.24, 2.45) is 0 Å². The van der Waals surface area contributed by atoms with Gasteiger partial charge in [-0.05, 0) is 31.0 Å². The zero-order chi connectivity index (χ0) is 13.3. The molecule has 1 aromatic rings. The van der Waals surface area contributed by atoms with Crippen molar-refractivity contribution in [2.75, 3.05) is 25.1 Å². The maximum absolute atomic E-state index is 13.2. The summed E-state index contributed by atoms with van der Waals surface area (Å²) in [5, 5.41) is 10.0. The quantitative estimate of drug-likeness (QED) is 0.820. The van der Waals surface area contributed by atoms with E-state index in [-0.39, 0.29) is 12.4 Å². The number of ether oxygens (including phenoxy) is 1. The van der Waals surface area contributed by atoms with Crippen LogP contribution in [0.3, 0.4) is 0 Å². The monoisotopic (exact) mass is 253 g/mol. The molecule has 0 bridgehead atoms. The molecule has 1 unspecified atom stereocenters. The van der Waals surface area contributed by atoms with E-state index in [1.165, 1.54) is 26.2 Å². The van der Waals surface area contributed by atoms with Gasteiger partial charge in [-0.3, -0.25) is 0 Å². The van der Waals surface area contributed by atoms with E-state index in [1.807, 2.05) is 0 Å². The zero-order valence-corrected chi connectivity index (χ0v) is 10.4. The van der Waals surface area contributed by atoms with Crippen molar-refractivity contribution >= 4 is 11.7 Å². The van der Waals surface area contributed by atoms with Crippen molar-refractivity contribution in [1.29, 1.82) is 0 Å². The molecule has 98 valence electrons. The maximum atomic E-state index is 13.2. The third-order valence-electron chi connectivity index (χ3n) is 3.16. The van der Waals surface area contributed by atoms with E-state index in [0.717, 1.165) is 17.7 Å². The van der Waals surface area contributed by atoms with Gasteiger partial charge >= 0.3 is 5.97 Å². The van der Waals surface area contributed by atoms with Crippen molar-refractivity contribution in [3.63, 3.8) is 0 Å². The van der Waals surface area contributed by atoms with E-state index in [2.05, 4.69) is 4.74 Å². The molecule has 18 heavy (non-hydrogen) atoms. The average molecular weight is 253 g/mol. The molecule has 0 radical (unpaired) electrons. The molecular formula is C13H16FNO3. The first kappa shape index (κ1) is 12.8. The molecule has 0 saturated heterocycles. The van der Waals surface area contributed by atoms with Gasteiger partial charge in [0.2, 0.25) is 0 Å². The van der Waals surface area contributed by atoms with Gasteiger partial charge < -0.3 is 14.7 Å². The second kappa shape index (κ2) is 4.57. The first-order valence-corrected chi connectivity index (χ1v) is 5.78. The van der Waals surface area contributed by atoms with E-state index in [0.29, 0.717) is 6.54 Å². The van der Waals surface area contributed by atoms with E-state index in [4.69, 9.17) is 0 Å². The summed E-state index contributed by atoms with van der Waals surface area (Å²) in [5.74, 6) is -1.01. The fourth-order valence-corrected chi connectivity index (χ4v) is 2.24. The van der Waals surface area contributed by atoms with Crippen LogP contribution in [-0.2, 0) is 16.0 Å². The van der Waals surface area contributed by atoms with Crippen LogP contribution < -0.4 is 4.90 Å². The van der Waals surface area contributed by atoms with Gasteiger partial charge in [0.05, 0.1) is 13.7 Å². The van der Waals surface area contributed by atoms with Crippen LogP contribution in [-0.4, -0.2) is 36.9 Å². The van der Waals surface area contributed by atoms with Gasteiger partial charge in [-0.25, -0.2) is 9.18 Å². The number of halogens is 1. The van der Waals surface area contributed by atoms with E-state index < -0.39 is 11.6 Å². The molecule has 1 aliphatic heterocycles. The summed E-state index contributed by atoms with van der Waals surface area (Å²) in [7, 11) is 1.23. The summed E-state index contributed by atoms with van der Waals surface area (Å²) in [6, 6.07) is 4.58. The fraction of sp³-hybridized carbons (Fsp3) is 0.462. The highest BCUT2D eigenvalue weighted by Gasteiger charge is 2.35. The Bertz CT molecular complexity index is 473. The normalized spacial score (nSPS) is 17.2. The number of methoxy groups -OCH3 is 1. The number of nitrogens with zero attached hydrogens (tertiary/aromatic N) is 1. The van der Waals surface area contributed by atoms with Gasteiger partial charge in [0.1, 0.15) is 5.82 Å². The highest BCUT2D eigenvalue weighted by Crippen LogP contribution is 2.30. The maximum Gasteiger partial charge on any atom is 0.339 e. The highest BCUT2D eigenvalue weighted by molar-refractivity contribution is 5.79. The topological polar surface area (TPSA) is 49.8 Å². The minimum atomic E-state index is -1.59. The van der Waals surface area contributed by atoms with E-state index in [9.17, 15) is 14.3 Å². The zero-order valence-electron chi connectivity index (χ0n) is 10.4. The number of anilines is 1. The summed E-state index contributed by atoms with van der Waals surface area (Å²) < 4.78 is 17.8. The van der Waals surface area contributed by atoms with Crippen LogP contribution in [0, 0.1) is 5.82 Å². The molecule has 1 N–H and O–H groups in total. The molecule has 1 aromatic carbocycles. The molecule has 5 heteroatoms. The van der Waals surface area contributed by atoms with Gasteiger partial charge in [-0.2, -0.15) is 0 Å². The Morgan fingerprint density at radius 3 is 3.00 bits per heavy atom. The largest absolute Gasteiger partial charge is 0.467 e. The number of carbonyl (C=O) groups is 1. The predicted octanol–water partition coefficient (Wildman–Crippen LogP) is 1.11. The van der Waals surface area contributed by atoms with Gasteiger partial charge in [0.15, 0.2) is 5.60 Å². The standard InChI is InChI=1S/C13H16FNO3/c1-13(17,12(16)18-2)8-15-6-5-9-3-4-10(14)7-11(9)15/h3-4,7,17H,5-6,8H2,1-2H3. The lowest BCUT2D eigenvalue weighted by Crippen LogP contribution is -2.47. The third-order valence-corrected chi connectivity index (χ3v) is 3.16. The summed E-state index contributed by atoms with van der Waals surface area (Å²) in [5.41, 5.74) is 0.166.